The van der Waals surface area contributed by atoms with E-state index >= 15 is 0 Å². The van der Waals surface area contributed by atoms with Crippen molar-refractivity contribution in [1.29, 1.82) is 10.5 Å². The average Bonchev–Trinajstić information content (AvgIpc) is 3.77. The van der Waals surface area contributed by atoms with E-state index in [9.17, 15) is 10.5 Å². The molecule has 0 aliphatic carbocycles. The lowest BCUT2D eigenvalue weighted by Crippen LogP contribution is -2.01. The van der Waals surface area contributed by atoms with Crippen molar-refractivity contribution in [3.63, 3.8) is 0 Å². The van der Waals surface area contributed by atoms with E-state index < -0.39 is 0 Å². The summed E-state index contributed by atoms with van der Waals surface area (Å²) < 4.78 is 4.82. The maximum absolute atomic E-state index is 10.3. The number of nitriles is 2. The summed E-state index contributed by atoms with van der Waals surface area (Å²) in [6.07, 6.45) is 0. The number of hydrogen-bond donors (Lipinski definition) is 0. The number of hydrogen-bond acceptors (Lipinski definition) is 2. The molecule has 0 unspecified atom stereocenters. The highest BCUT2D eigenvalue weighted by atomic mass is 15.0. The molecule has 2 aromatic heterocycles. The summed E-state index contributed by atoms with van der Waals surface area (Å²) in [6, 6.07) is 67.8. The second-order valence-corrected chi connectivity index (χ2v) is 13.5. The van der Waals surface area contributed by atoms with Crippen molar-refractivity contribution in [2.45, 2.75) is 0 Å². The zero-order valence-electron chi connectivity index (χ0n) is 29.1. The normalized spacial score (nSPS) is 11.3. The van der Waals surface area contributed by atoms with Crippen molar-refractivity contribution in [2.24, 2.45) is 0 Å². The highest BCUT2D eigenvalue weighted by Crippen LogP contribution is 2.46. The second kappa shape index (κ2) is 12.5. The van der Waals surface area contributed by atoms with Crippen molar-refractivity contribution in [3.8, 4) is 56.9 Å². The first-order valence-corrected chi connectivity index (χ1v) is 18.0. The minimum absolute atomic E-state index is 0.508. The minimum atomic E-state index is 0.508. The zero-order valence-corrected chi connectivity index (χ0v) is 29.1. The van der Waals surface area contributed by atoms with Gasteiger partial charge in [0.15, 0.2) is 0 Å². The van der Waals surface area contributed by atoms with E-state index in [1.54, 1.807) is 12.1 Å². The molecule has 0 fully saturated rings. The SMILES string of the molecule is N#Cc1ccc(C#N)c(-c2cc(-c3ccccc3)c(-n3c4ccccc4c4c3ccc3c5ccccc5n(-c5ccccc5)c34)cc2-c2ccccc2)c1. The molecule has 0 N–H and O–H groups in total. The summed E-state index contributed by atoms with van der Waals surface area (Å²) in [4.78, 5) is 0. The predicted molar refractivity (Wildman–Crippen MR) is 221 cm³/mol. The molecule has 0 radical (unpaired) electrons. The van der Waals surface area contributed by atoms with Gasteiger partial charge in [0, 0.05) is 38.4 Å². The van der Waals surface area contributed by atoms with Crippen molar-refractivity contribution in [3.05, 3.63) is 193 Å². The second-order valence-electron chi connectivity index (χ2n) is 13.5. The van der Waals surface area contributed by atoms with E-state index in [2.05, 4.69) is 161 Å². The summed E-state index contributed by atoms with van der Waals surface area (Å²) >= 11 is 0. The number of fused-ring (bicyclic) bond motifs is 7. The van der Waals surface area contributed by atoms with Crippen LogP contribution in [0.2, 0.25) is 0 Å². The Kier molecular flexibility index (Phi) is 7.22. The Balaban J connectivity index is 1.39. The van der Waals surface area contributed by atoms with E-state index in [1.165, 1.54) is 21.7 Å². The van der Waals surface area contributed by atoms with E-state index in [-0.39, 0.29) is 0 Å². The first kappa shape index (κ1) is 31.1. The number of rotatable bonds is 5. The van der Waals surface area contributed by atoms with Gasteiger partial charge in [0.1, 0.15) is 0 Å². The maximum Gasteiger partial charge on any atom is 0.0998 e. The Morgan fingerprint density at radius 1 is 0.389 bits per heavy atom. The van der Waals surface area contributed by atoms with Gasteiger partial charge in [-0.25, -0.2) is 0 Å². The summed E-state index contributed by atoms with van der Waals surface area (Å²) in [7, 11) is 0. The molecule has 0 aliphatic rings. The van der Waals surface area contributed by atoms with Crippen LogP contribution < -0.4 is 0 Å². The van der Waals surface area contributed by atoms with Crippen LogP contribution in [0.3, 0.4) is 0 Å². The maximum atomic E-state index is 10.3. The summed E-state index contributed by atoms with van der Waals surface area (Å²) in [5, 5.41) is 25.0. The lowest BCUT2D eigenvalue weighted by Gasteiger charge is -2.20. The summed E-state index contributed by atoms with van der Waals surface area (Å²) in [5.74, 6) is 0. The van der Waals surface area contributed by atoms with Gasteiger partial charge in [-0.3, -0.25) is 0 Å². The number of para-hydroxylation sites is 3. The molecule has 0 saturated heterocycles. The van der Waals surface area contributed by atoms with Gasteiger partial charge in [0.2, 0.25) is 0 Å². The molecule has 0 bridgehead atoms. The largest absolute Gasteiger partial charge is 0.309 e. The molecule has 0 saturated carbocycles. The Hall–Kier alpha value is -7.66. The molecule has 10 aromatic rings. The van der Waals surface area contributed by atoms with E-state index in [4.69, 9.17) is 0 Å². The highest BCUT2D eigenvalue weighted by Gasteiger charge is 2.24. The quantitative estimate of drug-likeness (QED) is 0.181. The van der Waals surface area contributed by atoms with Crippen LogP contribution in [0, 0.1) is 22.7 Å². The van der Waals surface area contributed by atoms with Gasteiger partial charge in [-0.15, -0.1) is 0 Å². The Labute approximate surface area is 312 Å². The van der Waals surface area contributed by atoms with Gasteiger partial charge in [-0.2, -0.15) is 10.5 Å². The fourth-order valence-electron chi connectivity index (χ4n) is 8.25. The van der Waals surface area contributed by atoms with Gasteiger partial charge < -0.3 is 9.13 Å². The lowest BCUT2D eigenvalue weighted by molar-refractivity contribution is 1.17. The number of benzene rings is 8. The molecule has 2 heterocycles. The molecule has 0 spiro atoms. The van der Waals surface area contributed by atoms with Crippen molar-refractivity contribution >= 4 is 43.6 Å². The van der Waals surface area contributed by atoms with Crippen molar-refractivity contribution in [2.75, 3.05) is 0 Å². The van der Waals surface area contributed by atoms with Gasteiger partial charge >= 0.3 is 0 Å². The molecule has 0 aliphatic heterocycles. The first-order chi connectivity index (χ1) is 26.7. The van der Waals surface area contributed by atoms with Crippen LogP contribution in [0.25, 0.3) is 88.4 Å². The molecule has 250 valence electrons. The standard InChI is InChI=1S/C50H30N4/c51-31-33-24-25-36(32-52)41(28-33)44-29-43(35-16-6-2-7-17-35)48(30-42(44)34-14-4-1-5-15-34)54-46-23-13-11-21-40(46)49-47(54)27-26-39-38-20-10-12-22-45(38)53(50(39)49)37-18-8-3-9-19-37/h1-30H. The Morgan fingerprint density at radius 3 is 1.69 bits per heavy atom. The average molecular weight is 687 g/mol. The molecule has 8 aromatic carbocycles. The Bertz CT molecular complexity index is 3160. The summed E-state index contributed by atoms with van der Waals surface area (Å²) in [5.41, 5.74) is 13.4. The molecule has 0 atom stereocenters. The minimum Gasteiger partial charge on any atom is -0.309 e. The summed E-state index contributed by atoms with van der Waals surface area (Å²) in [6.45, 7) is 0. The van der Waals surface area contributed by atoms with Gasteiger partial charge in [-0.1, -0.05) is 121 Å². The van der Waals surface area contributed by atoms with Crippen LogP contribution in [0.5, 0.6) is 0 Å². The first-order valence-electron chi connectivity index (χ1n) is 18.0. The molecule has 4 nitrogen and oxygen atoms in total. The van der Waals surface area contributed by atoms with Crippen LogP contribution in [0.1, 0.15) is 11.1 Å². The van der Waals surface area contributed by atoms with Crippen molar-refractivity contribution in [1.82, 2.24) is 9.13 Å². The molecular weight excluding hydrogens is 657 g/mol. The van der Waals surface area contributed by atoms with Crippen molar-refractivity contribution < 1.29 is 0 Å². The molecular formula is C50H30N4. The Morgan fingerprint density at radius 2 is 1.00 bits per heavy atom. The smallest absolute Gasteiger partial charge is 0.0998 e. The molecule has 0 amide bonds. The monoisotopic (exact) mass is 686 g/mol. The van der Waals surface area contributed by atoms with Gasteiger partial charge in [0.05, 0.1) is 51.0 Å². The van der Waals surface area contributed by atoms with E-state index in [0.717, 1.165) is 66.7 Å². The predicted octanol–water partition coefficient (Wildman–Crippen LogP) is 12.6. The third-order valence-corrected chi connectivity index (χ3v) is 10.6. The van der Waals surface area contributed by atoms with Crippen LogP contribution >= 0.6 is 0 Å². The molecule has 10 rings (SSSR count). The number of nitrogens with zero attached hydrogens (tertiary/aromatic N) is 4. The van der Waals surface area contributed by atoms with E-state index in [0.29, 0.717) is 11.1 Å². The fraction of sp³-hybridized carbons (Fsp3) is 0. The number of aromatic nitrogens is 2. The van der Waals surface area contributed by atoms with Crippen LogP contribution in [-0.2, 0) is 0 Å². The lowest BCUT2D eigenvalue weighted by atomic mass is 9.87. The van der Waals surface area contributed by atoms with Gasteiger partial charge in [0.25, 0.3) is 0 Å². The fourth-order valence-corrected chi connectivity index (χ4v) is 8.25. The molecule has 54 heavy (non-hydrogen) atoms. The van der Waals surface area contributed by atoms with Crippen LogP contribution in [0.15, 0.2) is 182 Å². The van der Waals surface area contributed by atoms with Crippen LogP contribution in [0.4, 0.5) is 0 Å². The zero-order chi connectivity index (χ0) is 36.2. The third-order valence-electron chi connectivity index (χ3n) is 10.6. The molecule has 4 heteroatoms. The van der Waals surface area contributed by atoms with E-state index in [1.807, 2.05) is 30.3 Å². The van der Waals surface area contributed by atoms with Gasteiger partial charge in [-0.05, 0) is 82.9 Å². The third kappa shape index (κ3) is 4.76. The highest BCUT2D eigenvalue weighted by molar-refractivity contribution is 6.26. The van der Waals surface area contributed by atoms with Crippen LogP contribution in [-0.4, -0.2) is 9.13 Å². The topological polar surface area (TPSA) is 57.4 Å².